The van der Waals surface area contributed by atoms with Gasteiger partial charge in [0.25, 0.3) is 0 Å². The van der Waals surface area contributed by atoms with Crippen molar-refractivity contribution in [2.45, 2.75) is 37.8 Å². The number of pyridine rings is 1. The first kappa shape index (κ1) is 22.7. The number of nitrogens with zero attached hydrogens (tertiary/aromatic N) is 1. The van der Waals surface area contributed by atoms with Crippen LogP contribution >= 0.6 is 0 Å². The minimum atomic E-state index is -0.953. The van der Waals surface area contributed by atoms with Crippen molar-refractivity contribution in [2.75, 3.05) is 23.7 Å². The molecule has 6 nitrogen and oxygen atoms in total. The maximum atomic E-state index is 14.0. The largest absolute Gasteiger partial charge is 0.481 e. The summed E-state index contributed by atoms with van der Waals surface area (Å²) >= 11 is 0. The Hall–Kier alpha value is -3.45. The molecule has 0 radical (unpaired) electrons. The predicted molar refractivity (Wildman–Crippen MR) is 128 cm³/mol. The van der Waals surface area contributed by atoms with Crippen molar-refractivity contribution in [3.8, 4) is 0 Å². The van der Waals surface area contributed by atoms with Crippen molar-refractivity contribution in [3.63, 3.8) is 0 Å². The molecule has 1 aromatic heterocycles. The molecule has 0 amide bonds. The zero-order valence-electron chi connectivity index (χ0n) is 18.8. The van der Waals surface area contributed by atoms with Gasteiger partial charge >= 0.3 is 5.97 Å². The van der Waals surface area contributed by atoms with Crippen LogP contribution in [-0.2, 0) is 16.6 Å². The van der Waals surface area contributed by atoms with Crippen molar-refractivity contribution in [2.24, 2.45) is 0 Å². The van der Waals surface area contributed by atoms with E-state index in [0.717, 1.165) is 28.2 Å². The van der Waals surface area contributed by atoms with Gasteiger partial charge in [0.15, 0.2) is 0 Å². The van der Waals surface area contributed by atoms with Crippen LogP contribution in [0.25, 0.3) is 0 Å². The second kappa shape index (κ2) is 9.58. The van der Waals surface area contributed by atoms with Crippen LogP contribution in [0.5, 0.6) is 0 Å². The Balaban J connectivity index is 1.50. The Morgan fingerprint density at radius 1 is 1.21 bits per heavy atom. The van der Waals surface area contributed by atoms with E-state index in [-0.39, 0.29) is 17.9 Å². The van der Waals surface area contributed by atoms with Gasteiger partial charge in [-0.25, -0.2) is 9.37 Å². The third-order valence-corrected chi connectivity index (χ3v) is 6.21. The molecule has 0 unspecified atom stereocenters. The van der Waals surface area contributed by atoms with Gasteiger partial charge in [-0.15, -0.1) is 0 Å². The van der Waals surface area contributed by atoms with E-state index >= 15 is 0 Å². The van der Waals surface area contributed by atoms with Crippen LogP contribution in [0.2, 0.25) is 0 Å². The monoisotopic (exact) mass is 448 g/mol. The molecule has 7 heteroatoms. The topological polar surface area (TPSA) is 86.3 Å². The van der Waals surface area contributed by atoms with E-state index in [4.69, 9.17) is 0 Å². The first-order chi connectivity index (χ1) is 15.8. The molecule has 4 N–H and O–H groups in total. The third kappa shape index (κ3) is 5.14. The number of rotatable bonds is 8. The maximum absolute atomic E-state index is 14.0. The summed E-state index contributed by atoms with van der Waals surface area (Å²) < 4.78 is 14.0. The summed E-state index contributed by atoms with van der Waals surface area (Å²) in [7, 11) is 0. The molecule has 0 spiro atoms. The van der Waals surface area contributed by atoms with Crippen LogP contribution in [0, 0.1) is 5.82 Å². The SMILES string of the molecule is CC(C)(C(=O)O)c1cccc(CCN[C@H](c2cccc(F)c2)[C@H]2CNc3cccnc3N2)c1. The number of aromatic nitrogens is 1. The molecular weight excluding hydrogens is 419 g/mol. The van der Waals surface area contributed by atoms with Crippen LogP contribution in [-0.4, -0.2) is 35.2 Å². The van der Waals surface area contributed by atoms with E-state index in [1.165, 1.54) is 6.07 Å². The number of carboxylic acids is 1. The highest BCUT2D eigenvalue weighted by molar-refractivity contribution is 5.80. The smallest absolute Gasteiger partial charge is 0.313 e. The summed E-state index contributed by atoms with van der Waals surface area (Å²) in [6.45, 7) is 4.72. The van der Waals surface area contributed by atoms with Gasteiger partial charge in [0.2, 0.25) is 0 Å². The van der Waals surface area contributed by atoms with Gasteiger partial charge in [0, 0.05) is 12.7 Å². The van der Waals surface area contributed by atoms with Gasteiger partial charge in [0.1, 0.15) is 11.6 Å². The summed E-state index contributed by atoms with van der Waals surface area (Å²) in [6, 6.07) is 18.0. The summed E-state index contributed by atoms with van der Waals surface area (Å²) in [5.74, 6) is -0.348. The molecular formula is C26H29FN4O2. The summed E-state index contributed by atoms with van der Waals surface area (Å²) in [5, 5.41) is 20.0. The van der Waals surface area contributed by atoms with Crippen molar-refractivity contribution in [1.82, 2.24) is 10.3 Å². The van der Waals surface area contributed by atoms with Crippen molar-refractivity contribution >= 4 is 17.5 Å². The van der Waals surface area contributed by atoms with Crippen LogP contribution in [0.1, 0.15) is 36.6 Å². The molecule has 2 atom stereocenters. The summed E-state index contributed by atoms with van der Waals surface area (Å²) in [5.41, 5.74) is 2.68. The first-order valence-electron chi connectivity index (χ1n) is 11.1. The van der Waals surface area contributed by atoms with Gasteiger partial charge in [-0.3, -0.25) is 4.79 Å². The fraction of sp³-hybridized carbons (Fsp3) is 0.308. The highest BCUT2D eigenvalue weighted by atomic mass is 19.1. The molecule has 1 aliphatic rings. The average Bonchev–Trinajstić information content (AvgIpc) is 2.81. The normalized spacial score (nSPS) is 16.3. The number of anilines is 2. The number of carbonyl (C=O) groups is 1. The Bertz CT molecular complexity index is 1130. The number of fused-ring (bicyclic) bond motifs is 1. The number of carboxylic acid groups (broad SMARTS) is 1. The predicted octanol–water partition coefficient (Wildman–Crippen LogP) is 4.36. The molecule has 2 aromatic carbocycles. The third-order valence-electron chi connectivity index (χ3n) is 6.21. The minimum absolute atomic E-state index is 0.0357. The number of halogens is 1. The quantitative estimate of drug-likeness (QED) is 0.410. The minimum Gasteiger partial charge on any atom is -0.481 e. The summed E-state index contributed by atoms with van der Waals surface area (Å²) in [4.78, 5) is 16.0. The van der Waals surface area contributed by atoms with Gasteiger partial charge in [-0.05, 0) is 67.8 Å². The summed E-state index contributed by atoms with van der Waals surface area (Å²) in [6.07, 6.45) is 2.45. The lowest BCUT2D eigenvalue weighted by Gasteiger charge is -2.34. The van der Waals surface area contributed by atoms with Crippen LogP contribution in [0.15, 0.2) is 66.9 Å². The molecule has 172 valence electrons. The molecule has 0 fully saturated rings. The highest BCUT2D eigenvalue weighted by Crippen LogP contribution is 2.29. The number of benzene rings is 2. The average molecular weight is 449 g/mol. The molecule has 2 heterocycles. The standard InChI is InChI=1S/C26H29FN4O2/c1-26(2,25(32)33)19-8-3-6-17(14-19)11-13-28-23(18-7-4-9-20(27)15-18)22-16-30-21-10-5-12-29-24(21)31-22/h3-10,12,14-15,22-23,28,30H,11,13,16H2,1-2H3,(H,29,31)(H,32,33)/t22-,23-/m1/s1. The van der Waals surface area contributed by atoms with E-state index < -0.39 is 11.4 Å². The van der Waals surface area contributed by atoms with E-state index in [9.17, 15) is 14.3 Å². The van der Waals surface area contributed by atoms with Gasteiger partial charge < -0.3 is 21.1 Å². The van der Waals surface area contributed by atoms with Crippen molar-refractivity contribution < 1.29 is 14.3 Å². The molecule has 0 bridgehead atoms. The van der Waals surface area contributed by atoms with Crippen molar-refractivity contribution in [1.29, 1.82) is 0 Å². The number of nitrogens with one attached hydrogen (secondary N) is 3. The Labute approximate surface area is 193 Å². The lowest BCUT2D eigenvalue weighted by molar-refractivity contribution is -0.142. The molecule has 0 saturated carbocycles. The number of aliphatic carboxylic acids is 1. The maximum Gasteiger partial charge on any atom is 0.313 e. The van der Waals surface area contributed by atoms with Gasteiger partial charge in [-0.2, -0.15) is 0 Å². The van der Waals surface area contributed by atoms with E-state index in [1.54, 1.807) is 32.2 Å². The Morgan fingerprint density at radius 2 is 2.03 bits per heavy atom. The first-order valence-corrected chi connectivity index (χ1v) is 11.1. The van der Waals surface area contributed by atoms with E-state index in [0.29, 0.717) is 19.5 Å². The Kier molecular flexibility index (Phi) is 6.60. The molecule has 33 heavy (non-hydrogen) atoms. The zero-order valence-corrected chi connectivity index (χ0v) is 18.8. The van der Waals surface area contributed by atoms with Crippen LogP contribution in [0.3, 0.4) is 0 Å². The number of hydrogen-bond donors (Lipinski definition) is 4. The fourth-order valence-electron chi connectivity index (χ4n) is 4.11. The van der Waals surface area contributed by atoms with Crippen molar-refractivity contribution in [3.05, 3.63) is 89.4 Å². The van der Waals surface area contributed by atoms with Gasteiger partial charge in [-0.1, -0.05) is 36.4 Å². The molecule has 0 aliphatic carbocycles. The molecule has 4 rings (SSSR count). The molecule has 0 saturated heterocycles. The lowest BCUT2D eigenvalue weighted by atomic mass is 9.84. The molecule has 3 aromatic rings. The molecule has 1 aliphatic heterocycles. The zero-order chi connectivity index (χ0) is 23.4. The second-order valence-corrected chi connectivity index (χ2v) is 8.90. The highest BCUT2D eigenvalue weighted by Gasteiger charge is 2.30. The lowest BCUT2D eigenvalue weighted by Crippen LogP contribution is -2.44. The van der Waals surface area contributed by atoms with Crippen LogP contribution < -0.4 is 16.0 Å². The fourth-order valence-corrected chi connectivity index (χ4v) is 4.11. The van der Waals surface area contributed by atoms with Gasteiger partial charge in [0.05, 0.1) is 23.2 Å². The van der Waals surface area contributed by atoms with E-state index in [2.05, 4.69) is 20.9 Å². The van der Waals surface area contributed by atoms with E-state index in [1.807, 2.05) is 42.5 Å². The second-order valence-electron chi connectivity index (χ2n) is 8.90. The Morgan fingerprint density at radius 3 is 2.82 bits per heavy atom. The van der Waals surface area contributed by atoms with Crippen LogP contribution in [0.4, 0.5) is 15.9 Å². The number of hydrogen-bond acceptors (Lipinski definition) is 5.